The Bertz CT molecular complexity index is 712. The topological polar surface area (TPSA) is 77.5 Å². The van der Waals surface area contributed by atoms with Crippen LogP contribution in [0.2, 0.25) is 0 Å². The molecule has 0 aliphatic carbocycles. The number of thiazole rings is 1. The summed E-state index contributed by atoms with van der Waals surface area (Å²) in [5.41, 5.74) is 2.21. The van der Waals surface area contributed by atoms with Gasteiger partial charge < -0.3 is 14.8 Å². The van der Waals surface area contributed by atoms with E-state index >= 15 is 0 Å². The number of methoxy groups -OCH3 is 1. The van der Waals surface area contributed by atoms with E-state index in [1.165, 1.54) is 13.3 Å². The van der Waals surface area contributed by atoms with E-state index in [1.54, 1.807) is 0 Å². The fraction of sp³-hybridized carbons (Fsp3) is 0.312. The number of anilines is 1. The molecule has 0 fully saturated rings. The highest BCUT2D eigenvalue weighted by atomic mass is 32.1. The monoisotopic (exact) mass is 334 g/mol. The Kier molecular flexibility index (Phi) is 5.70. The van der Waals surface area contributed by atoms with Gasteiger partial charge in [-0.05, 0) is 31.0 Å². The summed E-state index contributed by atoms with van der Waals surface area (Å²) in [5.74, 6) is 0.0855. The SMILES string of the molecule is COC(=O)c1cnc(NC(=O)CCOc2cccc(C)c2C)s1. The maximum Gasteiger partial charge on any atom is 0.349 e. The number of aryl methyl sites for hydroxylation is 1. The van der Waals surface area contributed by atoms with Crippen LogP contribution in [-0.2, 0) is 9.53 Å². The molecule has 0 aliphatic rings. The molecule has 0 unspecified atom stereocenters. The van der Waals surface area contributed by atoms with Crippen molar-refractivity contribution in [1.29, 1.82) is 0 Å². The second kappa shape index (κ2) is 7.73. The Hall–Kier alpha value is -2.41. The molecule has 0 bridgehead atoms. The number of hydrogen-bond acceptors (Lipinski definition) is 6. The zero-order valence-electron chi connectivity index (χ0n) is 13.2. The zero-order valence-corrected chi connectivity index (χ0v) is 14.0. The van der Waals surface area contributed by atoms with Gasteiger partial charge in [0.25, 0.3) is 0 Å². The average Bonchev–Trinajstić information content (AvgIpc) is 2.99. The third-order valence-electron chi connectivity index (χ3n) is 3.28. The van der Waals surface area contributed by atoms with Gasteiger partial charge in [-0.15, -0.1) is 0 Å². The molecule has 2 aromatic rings. The fourth-order valence-corrected chi connectivity index (χ4v) is 2.59. The lowest BCUT2D eigenvalue weighted by Gasteiger charge is -2.10. The lowest BCUT2D eigenvalue weighted by Crippen LogP contribution is -2.15. The summed E-state index contributed by atoms with van der Waals surface area (Å²) in [4.78, 5) is 27.5. The van der Waals surface area contributed by atoms with Gasteiger partial charge in [0.15, 0.2) is 5.13 Å². The van der Waals surface area contributed by atoms with E-state index in [-0.39, 0.29) is 18.9 Å². The van der Waals surface area contributed by atoms with Crippen molar-refractivity contribution in [3.63, 3.8) is 0 Å². The van der Waals surface area contributed by atoms with Crippen LogP contribution in [0.3, 0.4) is 0 Å². The standard InChI is InChI=1S/C16H18N2O4S/c1-10-5-4-6-12(11(10)2)22-8-7-14(19)18-16-17-9-13(23-16)15(20)21-3/h4-6,9H,7-8H2,1-3H3,(H,17,18,19). The number of benzene rings is 1. The molecule has 7 heteroatoms. The van der Waals surface area contributed by atoms with Gasteiger partial charge in [-0.3, -0.25) is 4.79 Å². The van der Waals surface area contributed by atoms with E-state index < -0.39 is 5.97 Å². The maximum absolute atomic E-state index is 11.9. The van der Waals surface area contributed by atoms with Crippen LogP contribution in [-0.4, -0.2) is 30.6 Å². The van der Waals surface area contributed by atoms with E-state index in [0.29, 0.717) is 10.0 Å². The quantitative estimate of drug-likeness (QED) is 0.822. The summed E-state index contributed by atoms with van der Waals surface area (Å²) in [6, 6.07) is 5.81. The Morgan fingerprint density at radius 1 is 1.30 bits per heavy atom. The largest absolute Gasteiger partial charge is 0.493 e. The van der Waals surface area contributed by atoms with E-state index in [9.17, 15) is 9.59 Å². The molecule has 1 N–H and O–H groups in total. The van der Waals surface area contributed by atoms with Crippen molar-refractivity contribution in [3.05, 3.63) is 40.4 Å². The molecule has 1 aromatic heterocycles. The van der Waals surface area contributed by atoms with Crippen molar-refractivity contribution in [3.8, 4) is 5.75 Å². The highest BCUT2D eigenvalue weighted by molar-refractivity contribution is 7.17. The molecule has 6 nitrogen and oxygen atoms in total. The fourth-order valence-electron chi connectivity index (χ4n) is 1.84. The number of carbonyl (C=O) groups is 2. The van der Waals surface area contributed by atoms with Crippen molar-refractivity contribution < 1.29 is 19.1 Å². The lowest BCUT2D eigenvalue weighted by atomic mass is 10.1. The molecule has 1 heterocycles. The number of rotatable bonds is 6. The smallest absolute Gasteiger partial charge is 0.349 e. The van der Waals surface area contributed by atoms with Crippen LogP contribution in [0, 0.1) is 13.8 Å². The number of amides is 1. The molecular formula is C16H18N2O4S. The Morgan fingerprint density at radius 2 is 2.09 bits per heavy atom. The number of nitrogens with zero attached hydrogens (tertiary/aromatic N) is 1. The number of esters is 1. The van der Waals surface area contributed by atoms with Crippen molar-refractivity contribution in [2.24, 2.45) is 0 Å². The van der Waals surface area contributed by atoms with Gasteiger partial charge in [0.2, 0.25) is 5.91 Å². The second-order valence-electron chi connectivity index (χ2n) is 4.87. The van der Waals surface area contributed by atoms with E-state index in [2.05, 4.69) is 15.0 Å². The van der Waals surface area contributed by atoms with Gasteiger partial charge >= 0.3 is 5.97 Å². The molecule has 0 saturated carbocycles. The first kappa shape index (κ1) is 17.0. The molecule has 0 aliphatic heterocycles. The predicted octanol–water partition coefficient (Wildman–Crippen LogP) is 2.95. The second-order valence-corrected chi connectivity index (χ2v) is 5.90. The van der Waals surface area contributed by atoms with Gasteiger partial charge in [0.05, 0.1) is 26.3 Å². The Morgan fingerprint density at radius 3 is 2.83 bits per heavy atom. The molecule has 0 radical (unpaired) electrons. The van der Waals surface area contributed by atoms with Crippen LogP contribution in [0.1, 0.15) is 27.2 Å². The molecule has 122 valence electrons. The van der Waals surface area contributed by atoms with Gasteiger partial charge in [0, 0.05) is 0 Å². The maximum atomic E-state index is 11.9. The number of nitrogens with one attached hydrogen (secondary N) is 1. The molecule has 2 rings (SSSR count). The summed E-state index contributed by atoms with van der Waals surface area (Å²) in [7, 11) is 1.30. The van der Waals surface area contributed by atoms with Crippen molar-refractivity contribution in [1.82, 2.24) is 4.98 Å². The number of aromatic nitrogens is 1. The summed E-state index contributed by atoms with van der Waals surface area (Å²) >= 11 is 1.07. The summed E-state index contributed by atoms with van der Waals surface area (Å²) in [6.45, 7) is 4.26. The predicted molar refractivity (Wildman–Crippen MR) is 88.1 cm³/mol. The van der Waals surface area contributed by atoms with Gasteiger partial charge in [-0.1, -0.05) is 23.5 Å². The average molecular weight is 334 g/mol. The molecule has 0 spiro atoms. The van der Waals surface area contributed by atoms with Crippen LogP contribution in [0.4, 0.5) is 5.13 Å². The summed E-state index contributed by atoms with van der Waals surface area (Å²) < 4.78 is 10.2. The summed E-state index contributed by atoms with van der Waals surface area (Å²) in [6.07, 6.45) is 1.57. The van der Waals surface area contributed by atoms with E-state index in [1.807, 2.05) is 32.0 Å². The van der Waals surface area contributed by atoms with Crippen LogP contribution >= 0.6 is 11.3 Å². The van der Waals surface area contributed by atoms with Crippen molar-refractivity contribution in [2.45, 2.75) is 20.3 Å². The molecule has 1 amide bonds. The minimum atomic E-state index is -0.471. The first-order valence-electron chi connectivity index (χ1n) is 7.04. The summed E-state index contributed by atoms with van der Waals surface area (Å²) in [5, 5.41) is 3.00. The van der Waals surface area contributed by atoms with Crippen LogP contribution in [0.15, 0.2) is 24.4 Å². The number of carbonyl (C=O) groups excluding carboxylic acids is 2. The van der Waals surface area contributed by atoms with Gasteiger partial charge in [-0.25, -0.2) is 9.78 Å². The number of ether oxygens (including phenoxy) is 2. The molecule has 23 heavy (non-hydrogen) atoms. The molecule has 0 saturated heterocycles. The molecule has 0 atom stereocenters. The van der Waals surface area contributed by atoms with E-state index in [4.69, 9.17) is 4.74 Å². The van der Waals surface area contributed by atoms with Gasteiger partial charge in [-0.2, -0.15) is 0 Å². The number of hydrogen-bond donors (Lipinski definition) is 1. The third-order valence-corrected chi connectivity index (χ3v) is 4.17. The lowest BCUT2D eigenvalue weighted by molar-refractivity contribution is -0.116. The Labute approximate surface area is 138 Å². The minimum Gasteiger partial charge on any atom is -0.493 e. The van der Waals surface area contributed by atoms with Crippen LogP contribution in [0.5, 0.6) is 5.75 Å². The minimum absolute atomic E-state index is 0.195. The highest BCUT2D eigenvalue weighted by Gasteiger charge is 2.12. The van der Waals surface area contributed by atoms with Crippen molar-refractivity contribution >= 4 is 28.3 Å². The normalized spacial score (nSPS) is 10.2. The highest BCUT2D eigenvalue weighted by Crippen LogP contribution is 2.21. The van der Waals surface area contributed by atoms with Gasteiger partial charge in [0.1, 0.15) is 10.6 Å². The van der Waals surface area contributed by atoms with Crippen molar-refractivity contribution in [2.75, 3.05) is 19.0 Å². The first-order chi connectivity index (χ1) is 11.0. The molecular weight excluding hydrogens is 316 g/mol. The van der Waals surface area contributed by atoms with E-state index in [0.717, 1.165) is 28.2 Å². The van der Waals surface area contributed by atoms with Crippen LogP contribution in [0.25, 0.3) is 0 Å². The van der Waals surface area contributed by atoms with Crippen LogP contribution < -0.4 is 10.1 Å². The Balaban J connectivity index is 1.82. The zero-order chi connectivity index (χ0) is 16.8. The first-order valence-corrected chi connectivity index (χ1v) is 7.86. The third kappa shape index (κ3) is 4.53. The molecule has 1 aromatic carbocycles.